The molecule has 1 aromatic carbocycles. The van der Waals surface area contributed by atoms with Gasteiger partial charge in [-0.3, -0.25) is 9.78 Å². The smallest absolute Gasteiger partial charge is 0.426 e. The maximum absolute atomic E-state index is 15.0. The number of nitrogens with zero attached hydrogens (tertiary/aromatic N) is 3. The summed E-state index contributed by atoms with van der Waals surface area (Å²) in [7, 11) is 0. The molecular formula is C20H17F6N5O3. The molecule has 2 aliphatic rings. The Morgan fingerprint density at radius 3 is 2.62 bits per heavy atom. The van der Waals surface area contributed by atoms with E-state index in [2.05, 4.69) is 20.3 Å². The van der Waals surface area contributed by atoms with Gasteiger partial charge in [0.25, 0.3) is 18.4 Å². The number of aliphatic imine (C=N–C) groups is 1. The number of hydrogen-bond acceptors (Lipinski definition) is 7. The van der Waals surface area contributed by atoms with E-state index in [4.69, 9.17) is 15.2 Å². The Balaban J connectivity index is 1.70. The van der Waals surface area contributed by atoms with Gasteiger partial charge in [0.05, 0.1) is 31.0 Å². The number of ether oxygens (including phenoxy) is 2. The van der Waals surface area contributed by atoms with Crippen LogP contribution < -0.4 is 11.1 Å². The van der Waals surface area contributed by atoms with Crippen LogP contribution in [0.5, 0.6) is 0 Å². The van der Waals surface area contributed by atoms with E-state index in [1.807, 2.05) is 0 Å². The average Bonchev–Trinajstić information content (AvgIpc) is 3.10. The molecule has 4 rings (SSSR count). The first kappa shape index (κ1) is 23.7. The molecule has 14 heteroatoms. The number of alkyl halides is 5. The first-order valence-corrected chi connectivity index (χ1v) is 9.84. The molecular weight excluding hydrogens is 472 g/mol. The second kappa shape index (κ2) is 8.42. The number of anilines is 1. The number of amides is 1. The van der Waals surface area contributed by atoms with Crippen LogP contribution in [0.3, 0.4) is 0 Å². The van der Waals surface area contributed by atoms with Crippen LogP contribution >= 0.6 is 0 Å². The molecule has 0 aliphatic carbocycles. The lowest BCUT2D eigenvalue weighted by atomic mass is 9.74. The van der Waals surface area contributed by atoms with Gasteiger partial charge >= 0.3 is 6.18 Å². The summed E-state index contributed by atoms with van der Waals surface area (Å²) >= 11 is 0. The fourth-order valence-electron chi connectivity index (χ4n) is 4.16. The summed E-state index contributed by atoms with van der Waals surface area (Å²) in [6.45, 7) is 0.973. The largest absolute Gasteiger partial charge is 0.452 e. The minimum Gasteiger partial charge on any atom is -0.452 e. The summed E-state index contributed by atoms with van der Waals surface area (Å²) in [4.78, 5) is 23.5. The van der Waals surface area contributed by atoms with Crippen molar-refractivity contribution in [2.24, 2.45) is 16.6 Å². The van der Waals surface area contributed by atoms with Crippen molar-refractivity contribution in [2.75, 3.05) is 11.9 Å². The van der Waals surface area contributed by atoms with Gasteiger partial charge in [0.1, 0.15) is 22.7 Å². The predicted octanol–water partition coefficient (Wildman–Crippen LogP) is 3.31. The number of nitrogens with one attached hydrogen (secondary N) is 1. The second-order valence-electron chi connectivity index (χ2n) is 7.77. The SMILES string of the molecule is CC1OCC2(c3cc(NC(=O)c4cnc(C(F)F)cn4)ccc3F)N=C(N)O[C@H](C(F)(F)F)C12. The fraction of sp³-hybridized carbons (Fsp3) is 0.400. The van der Waals surface area contributed by atoms with Crippen LogP contribution in [0.1, 0.15) is 35.1 Å². The lowest BCUT2D eigenvalue weighted by molar-refractivity contribution is -0.226. The fourth-order valence-corrected chi connectivity index (χ4v) is 4.16. The zero-order valence-corrected chi connectivity index (χ0v) is 17.3. The Bertz CT molecular complexity index is 1130. The van der Waals surface area contributed by atoms with Crippen LogP contribution in [-0.2, 0) is 15.0 Å². The maximum atomic E-state index is 15.0. The molecule has 2 aromatic rings. The second-order valence-corrected chi connectivity index (χ2v) is 7.77. The van der Waals surface area contributed by atoms with Crippen molar-refractivity contribution in [3.8, 4) is 0 Å². The highest BCUT2D eigenvalue weighted by Crippen LogP contribution is 2.51. The van der Waals surface area contributed by atoms with Crippen LogP contribution in [0, 0.1) is 11.7 Å². The van der Waals surface area contributed by atoms with Gasteiger partial charge in [0.2, 0.25) is 6.10 Å². The van der Waals surface area contributed by atoms with Gasteiger partial charge in [-0.05, 0) is 25.1 Å². The third-order valence-electron chi connectivity index (χ3n) is 5.65. The number of carbonyl (C=O) groups is 1. The molecule has 3 unspecified atom stereocenters. The monoisotopic (exact) mass is 489 g/mol. The van der Waals surface area contributed by atoms with Gasteiger partial charge < -0.3 is 20.5 Å². The van der Waals surface area contributed by atoms with Crippen molar-refractivity contribution in [1.82, 2.24) is 9.97 Å². The van der Waals surface area contributed by atoms with Gasteiger partial charge in [-0.2, -0.15) is 13.2 Å². The molecule has 2 aliphatic heterocycles. The number of carbonyl (C=O) groups excluding carboxylic acids is 1. The molecule has 0 spiro atoms. The zero-order chi connectivity index (χ0) is 24.8. The van der Waals surface area contributed by atoms with Crippen molar-refractivity contribution in [3.05, 3.63) is 53.4 Å². The summed E-state index contributed by atoms with van der Waals surface area (Å²) in [6.07, 6.45) is -9.56. The quantitative estimate of drug-likeness (QED) is 0.638. The van der Waals surface area contributed by atoms with Crippen molar-refractivity contribution < 1.29 is 40.6 Å². The normalized spacial score (nSPS) is 26.6. The first-order valence-electron chi connectivity index (χ1n) is 9.84. The third-order valence-corrected chi connectivity index (χ3v) is 5.65. The summed E-state index contributed by atoms with van der Waals surface area (Å²) in [5.41, 5.74) is 2.42. The molecule has 1 aromatic heterocycles. The van der Waals surface area contributed by atoms with Crippen LogP contribution in [0.4, 0.5) is 32.0 Å². The molecule has 8 nitrogen and oxygen atoms in total. The predicted molar refractivity (Wildman–Crippen MR) is 104 cm³/mol. The Kier molecular flexibility index (Phi) is 5.87. The molecule has 0 radical (unpaired) electrons. The van der Waals surface area contributed by atoms with Gasteiger partial charge in [-0.15, -0.1) is 0 Å². The van der Waals surface area contributed by atoms with Crippen molar-refractivity contribution in [2.45, 2.75) is 37.3 Å². The standard InChI is InChI=1S/C20H17F6N5O3/c1-8-14-15(20(24,25)26)34-18(27)31-19(14,7-33-8)10-4-9(2-3-11(10)21)30-17(32)13-6-28-12(5-29-13)16(22)23/h2-6,8,14-16H,7H2,1H3,(H2,27,31)(H,30,32)/t8?,14?,15-,19?/m0/s1. The highest BCUT2D eigenvalue weighted by molar-refractivity contribution is 6.02. The minimum absolute atomic E-state index is 0.0161. The number of rotatable bonds is 4. The van der Waals surface area contributed by atoms with E-state index in [-0.39, 0.29) is 16.9 Å². The van der Waals surface area contributed by atoms with Crippen molar-refractivity contribution in [3.63, 3.8) is 0 Å². The zero-order valence-electron chi connectivity index (χ0n) is 17.3. The van der Waals surface area contributed by atoms with Gasteiger partial charge in [0, 0.05) is 11.3 Å². The Morgan fingerprint density at radius 2 is 2.00 bits per heavy atom. The lowest BCUT2D eigenvalue weighted by Gasteiger charge is -2.41. The van der Waals surface area contributed by atoms with Crippen molar-refractivity contribution >= 4 is 17.6 Å². The van der Waals surface area contributed by atoms with E-state index in [1.54, 1.807) is 0 Å². The number of aromatic nitrogens is 2. The van der Waals surface area contributed by atoms with Crippen molar-refractivity contribution in [1.29, 1.82) is 0 Å². The third kappa shape index (κ3) is 4.13. The molecule has 0 bridgehead atoms. The molecule has 34 heavy (non-hydrogen) atoms. The number of fused-ring (bicyclic) bond motifs is 1. The summed E-state index contributed by atoms with van der Waals surface area (Å²) in [5, 5.41) is 2.38. The summed E-state index contributed by atoms with van der Waals surface area (Å²) in [6, 6.07) is 2.43. The Labute approximate surface area is 188 Å². The molecule has 1 saturated heterocycles. The van der Waals surface area contributed by atoms with E-state index in [0.29, 0.717) is 0 Å². The number of amidine groups is 1. The molecule has 0 saturated carbocycles. The highest BCUT2D eigenvalue weighted by atomic mass is 19.4. The van der Waals surface area contributed by atoms with E-state index in [0.717, 1.165) is 30.6 Å². The average molecular weight is 489 g/mol. The number of hydrogen-bond donors (Lipinski definition) is 2. The number of nitrogens with two attached hydrogens (primary N) is 1. The van der Waals surface area contributed by atoms with Crippen LogP contribution in [0.25, 0.3) is 0 Å². The minimum atomic E-state index is -4.84. The topological polar surface area (TPSA) is 112 Å². The number of halogens is 6. The molecule has 1 amide bonds. The maximum Gasteiger partial charge on any atom is 0.426 e. The Hall–Kier alpha value is -3.42. The van der Waals surface area contributed by atoms with E-state index >= 15 is 0 Å². The highest BCUT2D eigenvalue weighted by Gasteiger charge is 2.64. The first-order chi connectivity index (χ1) is 15.9. The van der Waals surface area contributed by atoms with Gasteiger partial charge in [-0.25, -0.2) is 23.1 Å². The summed E-state index contributed by atoms with van der Waals surface area (Å²) in [5.74, 6) is -3.23. The summed E-state index contributed by atoms with van der Waals surface area (Å²) < 4.78 is 91.6. The van der Waals surface area contributed by atoms with E-state index in [9.17, 15) is 31.1 Å². The molecule has 1 fully saturated rings. The van der Waals surface area contributed by atoms with E-state index < -0.39 is 66.3 Å². The molecule has 4 atom stereocenters. The molecule has 3 N–H and O–H groups in total. The van der Waals surface area contributed by atoms with E-state index in [1.165, 1.54) is 6.92 Å². The van der Waals surface area contributed by atoms with Gasteiger partial charge in [0.15, 0.2) is 0 Å². The van der Waals surface area contributed by atoms with Gasteiger partial charge in [-0.1, -0.05) is 0 Å². The lowest BCUT2D eigenvalue weighted by Crippen LogP contribution is -2.55. The van der Waals surface area contributed by atoms with Crippen LogP contribution in [0.15, 0.2) is 35.6 Å². The molecule has 182 valence electrons. The van der Waals surface area contributed by atoms with Crippen LogP contribution in [0.2, 0.25) is 0 Å². The van der Waals surface area contributed by atoms with Crippen LogP contribution in [-0.4, -0.2) is 46.9 Å². The Morgan fingerprint density at radius 1 is 1.26 bits per heavy atom. The number of benzene rings is 1. The molecule has 3 heterocycles.